The van der Waals surface area contributed by atoms with Crippen LogP contribution in [-0.2, 0) is 13.0 Å². The quantitative estimate of drug-likeness (QED) is 0.853. The molecule has 0 saturated heterocycles. The monoisotopic (exact) mass is 257 g/mol. The van der Waals surface area contributed by atoms with E-state index in [1.54, 1.807) is 6.20 Å². The van der Waals surface area contributed by atoms with Crippen LogP contribution in [0.1, 0.15) is 32.6 Å². The third-order valence-electron chi connectivity index (χ3n) is 3.06. The van der Waals surface area contributed by atoms with E-state index in [4.69, 9.17) is 12.2 Å². The Kier molecular flexibility index (Phi) is 3.61. The highest BCUT2D eigenvalue weighted by Gasteiger charge is 2.16. The summed E-state index contributed by atoms with van der Waals surface area (Å²) in [5, 5.41) is 4.32. The van der Waals surface area contributed by atoms with Crippen LogP contribution in [-0.4, -0.2) is 19.3 Å². The molecular weight excluding hydrogens is 238 g/mol. The van der Waals surface area contributed by atoms with E-state index < -0.39 is 0 Å². The molecule has 0 aromatic carbocycles. The highest BCUT2D eigenvalue weighted by atomic mass is 15.3. The van der Waals surface area contributed by atoms with Crippen molar-refractivity contribution >= 4 is 5.82 Å². The van der Waals surface area contributed by atoms with Crippen molar-refractivity contribution in [2.75, 3.05) is 5.73 Å². The molecule has 0 aliphatic carbocycles. The molecule has 0 atom stereocenters. The fourth-order valence-electron chi connectivity index (χ4n) is 2.01. The molecule has 0 bridgehead atoms. The Hall–Kier alpha value is -2.22. The lowest BCUT2D eigenvalue weighted by Gasteiger charge is -2.04. The summed E-state index contributed by atoms with van der Waals surface area (Å²) >= 11 is 0. The summed E-state index contributed by atoms with van der Waals surface area (Å²) in [5.41, 5.74) is 7.84. The predicted molar refractivity (Wildman–Crippen MR) is 76.5 cm³/mol. The van der Waals surface area contributed by atoms with Gasteiger partial charge in [-0.2, -0.15) is 5.10 Å². The van der Waals surface area contributed by atoms with Gasteiger partial charge in [0, 0.05) is 24.2 Å². The number of nitrogens with two attached hydrogens (primary N) is 1. The molecule has 2 aromatic heterocycles. The first-order chi connectivity index (χ1) is 9.08. The van der Waals surface area contributed by atoms with Crippen molar-refractivity contribution in [3.05, 3.63) is 18.2 Å². The van der Waals surface area contributed by atoms with Gasteiger partial charge in [0.05, 0.1) is 12.7 Å². The van der Waals surface area contributed by atoms with Crippen LogP contribution in [0, 0.1) is 12.3 Å². The molecule has 0 aliphatic heterocycles. The van der Waals surface area contributed by atoms with Gasteiger partial charge in [0.1, 0.15) is 17.3 Å². The molecule has 5 heteroatoms. The SMILES string of the molecule is C#CCn1c(CC)nc(-c2cnn(C(C)C)c2)c1N. The van der Waals surface area contributed by atoms with Gasteiger partial charge in [-0.05, 0) is 13.8 Å². The van der Waals surface area contributed by atoms with Gasteiger partial charge in [-0.15, -0.1) is 6.42 Å². The van der Waals surface area contributed by atoms with Gasteiger partial charge < -0.3 is 10.3 Å². The van der Waals surface area contributed by atoms with Crippen molar-refractivity contribution in [3.8, 4) is 23.6 Å². The number of aromatic nitrogens is 4. The smallest absolute Gasteiger partial charge is 0.132 e. The molecule has 5 nitrogen and oxygen atoms in total. The van der Waals surface area contributed by atoms with Crippen molar-refractivity contribution in [3.63, 3.8) is 0 Å². The van der Waals surface area contributed by atoms with E-state index in [0.717, 1.165) is 23.5 Å². The first kappa shape index (κ1) is 13.2. The molecule has 2 rings (SSSR count). The summed E-state index contributed by atoms with van der Waals surface area (Å²) in [4.78, 5) is 4.58. The second kappa shape index (κ2) is 5.19. The maximum atomic E-state index is 6.15. The zero-order chi connectivity index (χ0) is 14.0. The maximum absolute atomic E-state index is 6.15. The highest BCUT2D eigenvalue weighted by Crippen LogP contribution is 2.26. The van der Waals surface area contributed by atoms with Gasteiger partial charge in [-0.1, -0.05) is 12.8 Å². The Morgan fingerprint density at radius 3 is 2.74 bits per heavy atom. The third kappa shape index (κ3) is 2.34. The Balaban J connectivity index is 2.47. The van der Waals surface area contributed by atoms with Crippen LogP contribution in [0.2, 0.25) is 0 Å². The van der Waals surface area contributed by atoms with Gasteiger partial charge in [-0.3, -0.25) is 4.68 Å². The molecule has 0 saturated carbocycles. The van der Waals surface area contributed by atoms with E-state index >= 15 is 0 Å². The van der Waals surface area contributed by atoms with Crippen LogP contribution < -0.4 is 5.73 Å². The van der Waals surface area contributed by atoms with Crippen molar-refractivity contribution in [2.45, 2.75) is 39.8 Å². The standard InChI is InChI=1S/C14H19N5/c1-5-7-18-12(6-2)17-13(14(18)15)11-8-16-19(9-11)10(3)4/h1,8-10H,6-7,15H2,2-4H3. The van der Waals surface area contributed by atoms with Crippen LogP contribution in [0.5, 0.6) is 0 Å². The first-order valence-electron chi connectivity index (χ1n) is 6.41. The highest BCUT2D eigenvalue weighted by molar-refractivity contribution is 5.70. The van der Waals surface area contributed by atoms with E-state index in [0.29, 0.717) is 18.4 Å². The fraction of sp³-hybridized carbons (Fsp3) is 0.429. The van der Waals surface area contributed by atoms with Crippen LogP contribution in [0.15, 0.2) is 12.4 Å². The zero-order valence-electron chi connectivity index (χ0n) is 11.6. The van der Waals surface area contributed by atoms with E-state index in [-0.39, 0.29) is 0 Å². The molecule has 0 fully saturated rings. The van der Waals surface area contributed by atoms with Crippen LogP contribution in [0.4, 0.5) is 5.82 Å². The summed E-state index contributed by atoms with van der Waals surface area (Å²) < 4.78 is 3.77. The molecule has 0 aliphatic rings. The summed E-state index contributed by atoms with van der Waals surface area (Å²) in [7, 11) is 0. The number of imidazole rings is 1. The fourth-order valence-corrected chi connectivity index (χ4v) is 2.01. The van der Waals surface area contributed by atoms with Gasteiger partial charge in [0.15, 0.2) is 0 Å². The molecule has 2 aromatic rings. The molecule has 0 amide bonds. The largest absolute Gasteiger partial charge is 0.383 e. The number of anilines is 1. The third-order valence-corrected chi connectivity index (χ3v) is 3.06. The average Bonchev–Trinajstić information content (AvgIpc) is 2.96. The number of nitrogens with zero attached hydrogens (tertiary/aromatic N) is 4. The second-order valence-electron chi connectivity index (χ2n) is 4.71. The average molecular weight is 257 g/mol. The lowest BCUT2D eigenvalue weighted by atomic mass is 10.2. The Bertz CT molecular complexity index is 612. The zero-order valence-corrected chi connectivity index (χ0v) is 11.6. The second-order valence-corrected chi connectivity index (χ2v) is 4.71. The molecule has 2 heterocycles. The van der Waals surface area contributed by atoms with E-state index in [1.807, 2.05) is 22.4 Å². The number of terminal acetylenes is 1. The minimum atomic E-state index is 0.313. The molecule has 19 heavy (non-hydrogen) atoms. The first-order valence-corrected chi connectivity index (χ1v) is 6.41. The van der Waals surface area contributed by atoms with Crippen LogP contribution >= 0.6 is 0 Å². The molecular formula is C14H19N5. The topological polar surface area (TPSA) is 61.7 Å². The summed E-state index contributed by atoms with van der Waals surface area (Å²) in [6.45, 7) is 6.64. The minimum absolute atomic E-state index is 0.313. The molecule has 100 valence electrons. The Morgan fingerprint density at radius 2 is 2.21 bits per heavy atom. The lowest BCUT2D eigenvalue weighted by molar-refractivity contribution is 0.532. The number of rotatable bonds is 4. The predicted octanol–water partition coefficient (Wildman–Crippen LogP) is 2.11. The van der Waals surface area contributed by atoms with E-state index in [9.17, 15) is 0 Å². The summed E-state index contributed by atoms with van der Waals surface area (Å²) in [6.07, 6.45) is 9.92. The Labute approximate surface area is 113 Å². The number of hydrogen-bond donors (Lipinski definition) is 1. The van der Waals surface area contributed by atoms with Gasteiger partial charge in [-0.25, -0.2) is 4.98 Å². The van der Waals surface area contributed by atoms with Crippen LogP contribution in [0.3, 0.4) is 0 Å². The summed E-state index contributed by atoms with van der Waals surface area (Å²) in [6, 6.07) is 0.313. The number of nitrogen functional groups attached to an aromatic ring is 1. The minimum Gasteiger partial charge on any atom is -0.383 e. The lowest BCUT2D eigenvalue weighted by Crippen LogP contribution is -2.05. The Morgan fingerprint density at radius 1 is 1.47 bits per heavy atom. The van der Waals surface area contributed by atoms with E-state index in [2.05, 4.69) is 29.9 Å². The van der Waals surface area contributed by atoms with Crippen molar-refractivity contribution in [1.82, 2.24) is 19.3 Å². The summed E-state index contributed by atoms with van der Waals surface area (Å²) in [5.74, 6) is 4.12. The van der Waals surface area contributed by atoms with Crippen LogP contribution in [0.25, 0.3) is 11.3 Å². The molecule has 2 N–H and O–H groups in total. The van der Waals surface area contributed by atoms with E-state index in [1.165, 1.54) is 0 Å². The number of aryl methyl sites for hydroxylation is 1. The van der Waals surface area contributed by atoms with Gasteiger partial charge in [0.2, 0.25) is 0 Å². The van der Waals surface area contributed by atoms with Crippen molar-refractivity contribution in [1.29, 1.82) is 0 Å². The van der Waals surface area contributed by atoms with Crippen molar-refractivity contribution in [2.24, 2.45) is 0 Å². The van der Waals surface area contributed by atoms with Gasteiger partial charge in [0.25, 0.3) is 0 Å². The van der Waals surface area contributed by atoms with Gasteiger partial charge >= 0.3 is 0 Å². The number of hydrogen-bond acceptors (Lipinski definition) is 3. The molecule has 0 spiro atoms. The normalized spacial score (nSPS) is 10.9. The molecule has 0 radical (unpaired) electrons. The maximum Gasteiger partial charge on any atom is 0.132 e. The van der Waals surface area contributed by atoms with Crippen molar-refractivity contribution < 1.29 is 0 Å². The molecule has 0 unspecified atom stereocenters.